The van der Waals surface area contributed by atoms with E-state index in [-0.39, 0.29) is 17.3 Å². The van der Waals surface area contributed by atoms with E-state index in [0.29, 0.717) is 12.5 Å². The molecule has 21 heavy (non-hydrogen) atoms. The van der Waals surface area contributed by atoms with Gasteiger partial charge in [-0.25, -0.2) is 13.1 Å². The van der Waals surface area contributed by atoms with Crippen LogP contribution >= 0.6 is 11.8 Å². The van der Waals surface area contributed by atoms with Gasteiger partial charge in [-0.1, -0.05) is 12.1 Å². The number of hydrogen-bond donors (Lipinski definition) is 1. The minimum Gasteiger partial charge on any atom is -0.469 e. The lowest BCUT2D eigenvalue weighted by atomic mass is 10.1. The van der Waals surface area contributed by atoms with Crippen LogP contribution in [-0.2, 0) is 26.0 Å². The number of sulfonamides is 1. The molecule has 1 aliphatic rings. The lowest BCUT2D eigenvalue weighted by Crippen LogP contribution is -2.29. The quantitative estimate of drug-likeness (QED) is 0.800. The summed E-state index contributed by atoms with van der Waals surface area (Å²) in [6.45, 7) is 0.485. The topological polar surface area (TPSA) is 72.5 Å². The first kappa shape index (κ1) is 16.3. The monoisotopic (exact) mass is 329 g/mol. The number of carbonyl (C=O) groups is 1. The number of thioether (sulfide) groups is 1. The van der Waals surface area contributed by atoms with E-state index in [1.165, 1.54) is 19.2 Å². The summed E-state index contributed by atoms with van der Waals surface area (Å²) in [4.78, 5) is 11.4. The number of nitrogens with one attached hydrogen (secondary N) is 1. The summed E-state index contributed by atoms with van der Waals surface area (Å²) in [6.07, 6.45) is 1.20. The SMILES string of the molecule is COC(=O)Cc1ccc(S(=O)(=O)NCC2CCSC2)cc1. The fourth-order valence-electron chi connectivity index (χ4n) is 2.08. The summed E-state index contributed by atoms with van der Waals surface area (Å²) < 4.78 is 31.6. The van der Waals surface area contributed by atoms with Crippen molar-refractivity contribution in [3.8, 4) is 0 Å². The molecule has 1 aliphatic heterocycles. The van der Waals surface area contributed by atoms with Crippen molar-refractivity contribution in [3.63, 3.8) is 0 Å². The molecule has 0 spiro atoms. The third kappa shape index (κ3) is 4.72. The lowest BCUT2D eigenvalue weighted by Gasteiger charge is -2.11. The number of hydrogen-bond acceptors (Lipinski definition) is 5. The molecule has 1 aromatic rings. The Hall–Kier alpha value is -1.05. The largest absolute Gasteiger partial charge is 0.469 e. The van der Waals surface area contributed by atoms with Gasteiger partial charge >= 0.3 is 5.97 Å². The van der Waals surface area contributed by atoms with Crippen LogP contribution in [0.2, 0.25) is 0 Å². The highest BCUT2D eigenvalue weighted by Gasteiger charge is 2.20. The predicted molar refractivity (Wildman–Crippen MR) is 82.8 cm³/mol. The van der Waals surface area contributed by atoms with E-state index >= 15 is 0 Å². The zero-order valence-electron chi connectivity index (χ0n) is 11.9. The van der Waals surface area contributed by atoms with E-state index in [4.69, 9.17) is 0 Å². The van der Waals surface area contributed by atoms with Crippen molar-refractivity contribution in [1.29, 1.82) is 0 Å². The Balaban J connectivity index is 1.97. The summed E-state index contributed by atoms with van der Waals surface area (Å²) in [5.74, 6) is 2.20. The van der Waals surface area contributed by atoms with Crippen LogP contribution in [0.15, 0.2) is 29.2 Å². The predicted octanol–water partition coefficient (Wildman–Crippen LogP) is 1.43. The number of ether oxygens (including phenoxy) is 1. The molecule has 0 bridgehead atoms. The zero-order chi connectivity index (χ0) is 15.3. The third-order valence-corrected chi connectivity index (χ3v) is 6.07. The van der Waals surface area contributed by atoms with E-state index in [2.05, 4.69) is 9.46 Å². The molecule has 0 aliphatic carbocycles. The molecule has 0 aromatic heterocycles. The van der Waals surface area contributed by atoms with Crippen molar-refractivity contribution in [1.82, 2.24) is 4.72 Å². The van der Waals surface area contributed by atoms with E-state index in [1.807, 2.05) is 11.8 Å². The molecule has 1 unspecified atom stereocenters. The van der Waals surface area contributed by atoms with Crippen LogP contribution in [0.25, 0.3) is 0 Å². The average Bonchev–Trinajstić information content (AvgIpc) is 2.99. The van der Waals surface area contributed by atoms with Crippen molar-refractivity contribution in [2.75, 3.05) is 25.2 Å². The van der Waals surface area contributed by atoms with E-state index in [9.17, 15) is 13.2 Å². The summed E-state index contributed by atoms with van der Waals surface area (Å²) in [5, 5.41) is 0. The summed E-state index contributed by atoms with van der Waals surface area (Å²) in [6, 6.07) is 6.31. The first-order valence-corrected chi connectivity index (χ1v) is 9.38. The molecule has 1 aromatic carbocycles. The molecule has 1 fully saturated rings. The Morgan fingerprint density at radius 3 is 2.67 bits per heavy atom. The van der Waals surface area contributed by atoms with Gasteiger partial charge in [0.15, 0.2) is 0 Å². The van der Waals surface area contributed by atoms with E-state index in [1.54, 1.807) is 12.1 Å². The van der Waals surface area contributed by atoms with Gasteiger partial charge in [-0.2, -0.15) is 11.8 Å². The molecule has 2 rings (SSSR count). The minimum absolute atomic E-state index is 0.142. The summed E-state index contributed by atoms with van der Waals surface area (Å²) in [5.41, 5.74) is 0.730. The minimum atomic E-state index is -3.47. The van der Waals surface area contributed by atoms with Gasteiger partial charge in [-0.3, -0.25) is 4.79 Å². The Labute approximate surface area is 129 Å². The standard InChI is InChI=1S/C14H19NO4S2/c1-19-14(16)8-11-2-4-13(5-3-11)21(17,18)15-9-12-6-7-20-10-12/h2-5,12,15H,6-10H2,1H3. The average molecular weight is 329 g/mol. The highest BCUT2D eigenvalue weighted by molar-refractivity contribution is 7.99. The second-order valence-electron chi connectivity index (χ2n) is 4.98. The first-order chi connectivity index (χ1) is 10.0. The number of benzene rings is 1. The molecule has 0 amide bonds. The van der Waals surface area contributed by atoms with Gasteiger partial charge in [0, 0.05) is 6.54 Å². The highest BCUT2D eigenvalue weighted by atomic mass is 32.2. The molecule has 0 saturated carbocycles. The number of methoxy groups -OCH3 is 1. The molecule has 1 N–H and O–H groups in total. The molecule has 1 saturated heterocycles. The normalized spacial score (nSPS) is 18.6. The van der Waals surface area contributed by atoms with Gasteiger partial charge < -0.3 is 4.74 Å². The Kier molecular flexibility index (Phi) is 5.66. The number of rotatable bonds is 6. The number of carbonyl (C=O) groups excluding carboxylic acids is 1. The van der Waals surface area contributed by atoms with Crippen LogP contribution in [0.5, 0.6) is 0 Å². The Bertz CT molecular complexity index is 577. The smallest absolute Gasteiger partial charge is 0.309 e. The van der Waals surface area contributed by atoms with Gasteiger partial charge in [0.2, 0.25) is 10.0 Å². The van der Waals surface area contributed by atoms with Gasteiger partial charge in [0.25, 0.3) is 0 Å². The fourth-order valence-corrected chi connectivity index (χ4v) is 4.48. The molecule has 1 atom stereocenters. The molecular formula is C14H19NO4S2. The molecule has 5 nitrogen and oxygen atoms in total. The van der Waals surface area contributed by atoms with Crippen molar-refractivity contribution in [3.05, 3.63) is 29.8 Å². The van der Waals surface area contributed by atoms with Gasteiger partial charge in [0.1, 0.15) is 0 Å². The van der Waals surface area contributed by atoms with Crippen LogP contribution in [-0.4, -0.2) is 39.5 Å². The van der Waals surface area contributed by atoms with Gasteiger partial charge in [-0.05, 0) is 41.5 Å². The molecule has 116 valence electrons. The van der Waals surface area contributed by atoms with E-state index in [0.717, 1.165) is 23.5 Å². The highest BCUT2D eigenvalue weighted by Crippen LogP contribution is 2.23. The second-order valence-corrected chi connectivity index (χ2v) is 7.90. The van der Waals surface area contributed by atoms with Crippen molar-refractivity contribution in [2.45, 2.75) is 17.7 Å². The lowest BCUT2D eigenvalue weighted by molar-refractivity contribution is -0.139. The van der Waals surface area contributed by atoms with Gasteiger partial charge in [0.05, 0.1) is 18.4 Å². The zero-order valence-corrected chi connectivity index (χ0v) is 13.5. The van der Waals surface area contributed by atoms with Crippen molar-refractivity contribution < 1.29 is 17.9 Å². The van der Waals surface area contributed by atoms with Crippen LogP contribution in [0.3, 0.4) is 0 Å². The summed E-state index contributed by atoms with van der Waals surface area (Å²) in [7, 11) is -2.15. The third-order valence-electron chi connectivity index (χ3n) is 3.40. The van der Waals surface area contributed by atoms with Gasteiger partial charge in [-0.15, -0.1) is 0 Å². The van der Waals surface area contributed by atoms with Crippen LogP contribution in [0.1, 0.15) is 12.0 Å². The van der Waals surface area contributed by atoms with Crippen LogP contribution < -0.4 is 4.72 Å². The van der Waals surface area contributed by atoms with Crippen LogP contribution in [0, 0.1) is 5.92 Å². The molecule has 7 heteroatoms. The maximum Gasteiger partial charge on any atom is 0.309 e. The molecule has 1 heterocycles. The van der Waals surface area contributed by atoms with Crippen molar-refractivity contribution >= 4 is 27.8 Å². The fraction of sp³-hybridized carbons (Fsp3) is 0.500. The maximum absolute atomic E-state index is 12.2. The molecular weight excluding hydrogens is 310 g/mol. The maximum atomic E-state index is 12.2. The number of esters is 1. The Morgan fingerprint density at radius 1 is 1.38 bits per heavy atom. The van der Waals surface area contributed by atoms with E-state index < -0.39 is 10.0 Å². The second kappa shape index (κ2) is 7.29. The molecule has 0 radical (unpaired) electrons. The van der Waals surface area contributed by atoms with Crippen LogP contribution in [0.4, 0.5) is 0 Å². The Morgan fingerprint density at radius 2 is 2.10 bits per heavy atom. The first-order valence-electron chi connectivity index (χ1n) is 6.74. The summed E-state index contributed by atoms with van der Waals surface area (Å²) >= 11 is 1.86. The van der Waals surface area contributed by atoms with Crippen molar-refractivity contribution in [2.24, 2.45) is 5.92 Å².